The molecule has 0 saturated heterocycles. The second-order valence-electron chi connectivity index (χ2n) is 6.74. The summed E-state index contributed by atoms with van der Waals surface area (Å²) in [6.45, 7) is 8.87. The number of para-hydroxylation sites is 1. The first-order chi connectivity index (χ1) is 9.40. The highest BCUT2D eigenvalue weighted by molar-refractivity contribution is 7.80. The second kappa shape index (κ2) is 6.13. The minimum absolute atomic E-state index is 0.0315. The third-order valence-electron chi connectivity index (χ3n) is 4.33. The molecule has 1 aliphatic heterocycles. The summed E-state index contributed by atoms with van der Waals surface area (Å²) in [4.78, 5) is 3.16. The van der Waals surface area contributed by atoms with E-state index in [0.717, 1.165) is 31.8 Å². The van der Waals surface area contributed by atoms with Crippen molar-refractivity contribution < 1.29 is 0 Å². The lowest BCUT2D eigenvalue weighted by Crippen LogP contribution is -2.36. The number of hydrogen-bond donors (Lipinski definition) is 1. The van der Waals surface area contributed by atoms with Gasteiger partial charge in [0.15, 0.2) is 0 Å². The van der Waals surface area contributed by atoms with E-state index < -0.39 is 0 Å². The summed E-state index contributed by atoms with van der Waals surface area (Å²) in [5, 5.41) is 0. The molecular weight excluding hydrogens is 264 g/mol. The highest BCUT2D eigenvalue weighted by Gasteiger charge is 2.24. The zero-order valence-corrected chi connectivity index (χ0v) is 13.7. The van der Waals surface area contributed by atoms with Gasteiger partial charge in [0, 0.05) is 24.2 Å². The number of thiocarbonyl (C=S) groups is 1. The van der Waals surface area contributed by atoms with Gasteiger partial charge < -0.3 is 10.6 Å². The fourth-order valence-electron chi connectivity index (χ4n) is 2.95. The Morgan fingerprint density at radius 1 is 1.40 bits per heavy atom. The molecule has 1 atom stereocenters. The molecule has 2 N–H and O–H groups in total. The maximum atomic E-state index is 5.81. The molecule has 1 aromatic carbocycles. The lowest BCUT2D eigenvalue weighted by molar-refractivity contribution is 0.447. The molecule has 0 fully saturated rings. The van der Waals surface area contributed by atoms with E-state index in [1.54, 1.807) is 0 Å². The smallest absolute Gasteiger partial charge is 0.0784 e. The molecule has 0 aromatic heterocycles. The second-order valence-corrected chi connectivity index (χ2v) is 7.18. The number of anilines is 1. The summed E-state index contributed by atoms with van der Waals surface area (Å²) in [7, 11) is 0. The molecule has 20 heavy (non-hydrogen) atoms. The van der Waals surface area contributed by atoms with E-state index in [1.807, 2.05) is 0 Å². The van der Waals surface area contributed by atoms with Crippen LogP contribution in [-0.4, -0.2) is 18.1 Å². The quantitative estimate of drug-likeness (QED) is 0.837. The first-order valence-corrected chi connectivity index (χ1v) is 7.94. The number of benzene rings is 1. The van der Waals surface area contributed by atoms with Gasteiger partial charge in [0.1, 0.15) is 0 Å². The molecule has 110 valence electrons. The van der Waals surface area contributed by atoms with Crippen LogP contribution in [0, 0.1) is 11.3 Å². The average Bonchev–Trinajstić information content (AvgIpc) is 2.38. The van der Waals surface area contributed by atoms with Crippen LogP contribution in [0.1, 0.15) is 39.2 Å². The number of nitrogens with two attached hydrogens (primary N) is 1. The van der Waals surface area contributed by atoms with Crippen LogP contribution in [0.2, 0.25) is 0 Å². The van der Waals surface area contributed by atoms with Crippen molar-refractivity contribution in [1.29, 1.82) is 0 Å². The predicted octanol–water partition coefficient (Wildman–Crippen LogP) is 3.78. The summed E-state index contributed by atoms with van der Waals surface area (Å²) in [6.07, 6.45) is 3.38. The van der Waals surface area contributed by atoms with Gasteiger partial charge in [-0.25, -0.2) is 0 Å². The standard InChI is InChI=1S/C17H26N2S/c1-13-11-14-7-4-5-8-15(14)19(12-13)10-6-9-17(2,3)16(18)20/h4-5,7-8,13H,6,9-12H2,1-3H3,(H2,18,20). The molecule has 2 nitrogen and oxygen atoms in total. The molecular formula is C17H26N2S. The monoisotopic (exact) mass is 290 g/mol. The predicted molar refractivity (Wildman–Crippen MR) is 91.3 cm³/mol. The molecule has 2 rings (SSSR count). The van der Waals surface area contributed by atoms with Crippen molar-refractivity contribution >= 4 is 22.9 Å². The van der Waals surface area contributed by atoms with Crippen LogP contribution in [0.3, 0.4) is 0 Å². The molecule has 1 aromatic rings. The average molecular weight is 290 g/mol. The fraction of sp³-hybridized carbons (Fsp3) is 0.588. The lowest BCUT2D eigenvalue weighted by Gasteiger charge is -2.35. The summed E-state index contributed by atoms with van der Waals surface area (Å²) < 4.78 is 0. The van der Waals surface area contributed by atoms with Gasteiger partial charge in [-0.2, -0.15) is 0 Å². The molecule has 0 aliphatic carbocycles. The number of rotatable bonds is 5. The number of fused-ring (bicyclic) bond motifs is 1. The third kappa shape index (κ3) is 3.51. The van der Waals surface area contributed by atoms with E-state index >= 15 is 0 Å². The van der Waals surface area contributed by atoms with E-state index in [4.69, 9.17) is 18.0 Å². The highest BCUT2D eigenvalue weighted by atomic mass is 32.1. The highest BCUT2D eigenvalue weighted by Crippen LogP contribution is 2.30. The Bertz CT molecular complexity index is 482. The Kier molecular flexibility index (Phi) is 4.69. The van der Waals surface area contributed by atoms with E-state index in [2.05, 4.69) is 49.9 Å². The third-order valence-corrected chi connectivity index (χ3v) is 4.88. The van der Waals surface area contributed by atoms with Crippen LogP contribution >= 0.6 is 12.2 Å². The van der Waals surface area contributed by atoms with Crippen LogP contribution in [0.5, 0.6) is 0 Å². The molecule has 3 heteroatoms. The van der Waals surface area contributed by atoms with Gasteiger partial charge in [-0.3, -0.25) is 0 Å². The summed E-state index contributed by atoms with van der Waals surface area (Å²) in [5.74, 6) is 0.730. The Morgan fingerprint density at radius 3 is 2.80 bits per heavy atom. The van der Waals surface area contributed by atoms with Crippen LogP contribution in [-0.2, 0) is 6.42 Å². The minimum atomic E-state index is -0.0315. The van der Waals surface area contributed by atoms with E-state index in [0.29, 0.717) is 4.99 Å². The van der Waals surface area contributed by atoms with Gasteiger partial charge in [0.25, 0.3) is 0 Å². The topological polar surface area (TPSA) is 29.3 Å². The SMILES string of the molecule is CC1Cc2ccccc2N(CCCC(C)(C)C(N)=S)C1. The van der Waals surface area contributed by atoms with Crippen LogP contribution in [0.4, 0.5) is 5.69 Å². The molecule has 0 bridgehead atoms. The molecule has 0 amide bonds. The van der Waals surface area contributed by atoms with Crippen LogP contribution in [0.15, 0.2) is 24.3 Å². The van der Waals surface area contributed by atoms with Gasteiger partial charge in [0.05, 0.1) is 4.99 Å². The zero-order chi connectivity index (χ0) is 14.8. The Labute approximate surface area is 128 Å². The van der Waals surface area contributed by atoms with Gasteiger partial charge in [-0.1, -0.05) is 51.2 Å². The minimum Gasteiger partial charge on any atom is -0.393 e. The van der Waals surface area contributed by atoms with Gasteiger partial charge >= 0.3 is 0 Å². The van der Waals surface area contributed by atoms with Crippen molar-refractivity contribution in [2.75, 3.05) is 18.0 Å². The van der Waals surface area contributed by atoms with Crippen LogP contribution < -0.4 is 10.6 Å². The lowest BCUT2D eigenvalue weighted by atomic mass is 9.87. The molecule has 0 spiro atoms. The summed E-state index contributed by atoms with van der Waals surface area (Å²) in [6, 6.07) is 8.79. The summed E-state index contributed by atoms with van der Waals surface area (Å²) >= 11 is 5.15. The van der Waals surface area contributed by atoms with Crippen molar-refractivity contribution in [3.8, 4) is 0 Å². The summed E-state index contributed by atoms with van der Waals surface area (Å²) in [5.41, 5.74) is 8.68. The normalized spacial score (nSPS) is 18.8. The first kappa shape index (κ1) is 15.3. The Hall–Kier alpha value is -1.09. The Balaban J connectivity index is 1.99. The van der Waals surface area contributed by atoms with Crippen molar-refractivity contribution in [1.82, 2.24) is 0 Å². The first-order valence-electron chi connectivity index (χ1n) is 7.53. The molecule has 0 saturated carbocycles. The van der Waals surface area contributed by atoms with Gasteiger partial charge in [-0.05, 0) is 36.8 Å². The number of hydrogen-bond acceptors (Lipinski definition) is 2. The Morgan fingerprint density at radius 2 is 2.10 bits per heavy atom. The van der Waals surface area contributed by atoms with Crippen molar-refractivity contribution in [3.05, 3.63) is 29.8 Å². The zero-order valence-electron chi connectivity index (χ0n) is 12.9. The maximum Gasteiger partial charge on any atom is 0.0784 e. The fourth-order valence-corrected chi connectivity index (χ4v) is 3.06. The number of nitrogens with zero attached hydrogens (tertiary/aromatic N) is 1. The maximum absolute atomic E-state index is 5.81. The molecule has 1 unspecified atom stereocenters. The van der Waals surface area contributed by atoms with Crippen molar-refractivity contribution in [2.24, 2.45) is 17.1 Å². The molecule has 1 heterocycles. The van der Waals surface area contributed by atoms with E-state index in [1.165, 1.54) is 17.7 Å². The largest absolute Gasteiger partial charge is 0.393 e. The van der Waals surface area contributed by atoms with Crippen molar-refractivity contribution in [2.45, 2.75) is 40.0 Å². The van der Waals surface area contributed by atoms with Gasteiger partial charge in [-0.15, -0.1) is 0 Å². The molecule has 0 radical (unpaired) electrons. The van der Waals surface area contributed by atoms with Crippen molar-refractivity contribution in [3.63, 3.8) is 0 Å². The van der Waals surface area contributed by atoms with E-state index in [-0.39, 0.29) is 5.41 Å². The van der Waals surface area contributed by atoms with E-state index in [9.17, 15) is 0 Å². The molecule has 1 aliphatic rings. The van der Waals surface area contributed by atoms with Gasteiger partial charge in [0.2, 0.25) is 0 Å². The van der Waals surface area contributed by atoms with Crippen LogP contribution in [0.25, 0.3) is 0 Å².